The van der Waals surface area contributed by atoms with Crippen LogP contribution in [0.4, 0.5) is 0 Å². The summed E-state index contributed by atoms with van der Waals surface area (Å²) in [7, 11) is -2.16. The van der Waals surface area contributed by atoms with E-state index in [0.29, 0.717) is 6.54 Å². The van der Waals surface area contributed by atoms with Crippen LogP contribution in [0, 0.1) is 0 Å². The lowest BCUT2D eigenvalue weighted by molar-refractivity contribution is -0.121. The molecule has 0 spiro atoms. The van der Waals surface area contributed by atoms with E-state index >= 15 is 0 Å². The second kappa shape index (κ2) is 9.22. The lowest BCUT2D eigenvalue weighted by Gasteiger charge is -2.15. The standard InChI is InChI=1S/C16H20N2O3S3/c1-18(24(20,21)16-8-5-10-23-16)12-15(19)17-9-11-22-13-14-6-3-2-4-7-14/h2-8,10H,9,11-13H2,1H3,(H,17,19). The monoisotopic (exact) mass is 384 g/mol. The van der Waals surface area contributed by atoms with Crippen LogP contribution in [0.15, 0.2) is 52.1 Å². The summed E-state index contributed by atoms with van der Waals surface area (Å²) >= 11 is 2.87. The maximum absolute atomic E-state index is 12.2. The van der Waals surface area contributed by atoms with Gasteiger partial charge in [-0.1, -0.05) is 36.4 Å². The Bertz CT molecular complexity index is 731. The number of rotatable bonds is 9. The number of thioether (sulfide) groups is 1. The molecule has 1 N–H and O–H groups in total. The van der Waals surface area contributed by atoms with E-state index in [2.05, 4.69) is 17.4 Å². The van der Waals surface area contributed by atoms with E-state index in [1.807, 2.05) is 18.2 Å². The van der Waals surface area contributed by atoms with E-state index in [1.165, 1.54) is 18.7 Å². The number of hydrogen-bond acceptors (Lipinski definition) is 5. The number of benzene rings is 1. The largest absolute Gasteiger partial charge is 0.354 e. The minimum atomic E-state index is -3.58. The molecule has 5 nitrogen and oxygen atoms in total. The van der Waals surface area contributed by atoms with Crippen molar-refractivity contribution >= 4 is 39.0 Å². The lowest BCUT2D eigenvalue weighted by Crippen LogP contribution is -2.38. The number of nitrogens with one attached hydrogen (secondary N) is 1. The number of likely N-dealkylation sites (N-methyl/N-ethyl adjacent to an activating group) is 1. The van der Waals surface area contributed by atoms with Crippen molar-refractivity contribution in [3.63, 3.8) is 0 Å². The molecule has 8 heteroatoms. The summed E-state index contributed by atoms with van der Waals surface area (Å²) in [5, 5.41) is 4.45. The van der Waals surface area contributed by atoms with Gasteiger partial charge in [0.25, 0.3) is 10.0 Å². The topological polar surface area (TPSA) is 66.5 Å². The Balaban J connectivity index is 1.68. The highest BCUT2D eigenvalue weighted by atomic mass is 32.2. The van der Waals surface area contributed by atoms with E-state index in [9.17, 15) is 13.2 Å². The molecule has 0 saturated heterocycles. The first-order valence-corrected chi connectivity index (χ1v) is 10.9. The molecule has 0 saturated carbocycles. The van der Waals surface area contributed by atoms with Crippen LogP contribution in [-0.2, 0) is 20.6 Å². The average Bonchev–Trinajstić information content (AvgIpc) is 3.10. The molecule has 130 valence electrons. The van der Waals surface area contributed by atoms with Crippen molar-refractivity contribution in [1.82, 2.24) is 9.62 Å². The van der Waals surface area contributed by atoms with Crippen molar-refractivity contribution in [2.24, 2.45) is 0 Å². The molecule has 2 aromatic rings. The molecule has 0 aliphatic heterocycles. The van der Waals surface area contributed by atoms with Crippen molar-refractivity contribution in [2.75, 3.05) is 25.9 Å². The lowest BCUT2D eigenvalue weighted by atomic mass is 10.2. The molecule has 1 heterocycles. The molecule has 1 aromatic heterocycles. The van der Waals surface area contributed by atoms with E-state index in [1.54, 1.807) is 23.2 Å². The van der Waals surface area contributed by atoms with Crippen molar-refractivity contribution in [2.45, 2.75) is 9.96 Å². The van der Waals surface area contributed by atoms with E-state index in [4.69, 9.17) is 0 Å². The van der Waals surface area contributed by atoms with Crippen molar-refractivity contribution < 1.29 is 13.2 Å². The average molecular weight is 385 g/mol. The van der Waals surface area contributed by atoms with Crippen LogP contribution in [0.1, 0.15) is 5.56 Å². The first kappa shape index (κ1) is 19.0. The summed E-state index contributed by atoms with van der Waals surface area (Å²) in [6.45, 7) is 0.340. The van der Waals surface area contributed by atoms with Gasteiger partial charge < -0.3 is 5.32 Å². The predicted octanol–water partition coefficient (Wildman–Crippen LogP) is 2.42. The molecule has 0 aliphatic carbocycles. The summed E-state index contributed by atoms with van der Waals surface area (Å²) in [4.78, 5) is 11.9. The molecule has 0 fully saturated rings. The zero-order chi connectivity index (χ0) is 17.4. The van der Waals surface area contributed by atoms with Gasteiger partial charge >= 0.3 is 0 Å². The molecule has 2 rings (SSSR count). The molecule has 24 heavy (non-hydrogen) atoms. The van der Waals surface area contributed by atoms with Crippen LogP contribution >= 0.6 is 23.1 Å². The maximum atomic E-state index is 12.2. The van der Waals surface area contributed by atoms with E-state index in [0.717, 1.165) is 27.1 Å². The van der Waals surface area contributed by atoms with Crippen molar-refractivity contribution in [3.05, 3.63) is 53.4 Å². The minimum Gasteiger partial charge on any atom is -0.354 e. The molecule has 1 amide bonds. The Kier molecular flexibility index (Phi) is 7.29. The highest BCUT2D eigenvalue weighted by molar-refractivity contribution is 7.98. The highest BCUT2D eigenvalue weighted by Crippen LogP contribution is 2.19. The molecule has 1 aromatic carbocycles. The van der Waals surface area contributed by atoms with Gasteiger partial charge in [0, 0.05) is 25.1 Å². The van der Waals surface area contributed by atoms with Gasteiger partial charge in [-0.3, -0.25) is 4.79 Å². The van der Waals surface area contributed by atoms with Gasteiger partial charge in [-0.2, -0.15) is 16.1 Å². The predicted molar refractivity (Wildman–Crippen MR) is 99.7 cm³/mol. The number of nitrogens with zero attached hydrogens (tertiary/aromatic N) is 1. The summed E-state index contributed by atoms with van der Waals surface area (Å²) in [5.41, 5.74) is 1.25. The van der Waals surface area contributed by atoms with Crippen LogP contribution in [0.25, 0.3) is 0 Å². The second-order valence-electron chi connectivity index (χ2n) is 5.08. The smallest absolute Gasteiger partial charge is 0.252 e. The quantitative estimate of drug-likeness (QED) is 0.674. The fourth-order valence-electron chi connectivity index (χ4n) is 1.93. The summed E-state index contributed by atoms with van der Waals surface area (Å²) in [6, 6.07) is 13.3. The Morgan fingerprint density at radius 1 is 1.21 bits per heavy atom. The number of sulfonamides is 1. The fraction of sp³-hybridized carbons (Fsp3) is 0.312. The van der Waals surface area contributed by atoms with Gasteiger partial charge in [0.05, 0.1) is 6.54 Å². The number of amides is 1. The van der Waals surface area contributed by atoms with Crippen LogP contribution in [-0.4, -0.2) is 44.5 Å². The summed E-state index contributed by atoms with van der Waals surface area (Å²) < 4.78 is 25.7. The third-order valence-corrected chi connectivity index (χ3v) is 7.41. The molecule has 0 unspecified atom stereocenters. The maximum Gasteiger partial charge on any atom is 0.252 e. The van der Waals surface area contributed by atoms with E-state index in [-0.39, 0.29) is 16.7 Å². The second-order valence-corrected chi connectivity index (χ2v) is 9.41. The summed E-state index contributed by atoms with van der Waals surface area (Å²) in [6.07, 6.45) is 0. The normalized spacial score (nSPS) is 11.6. The first-order valence-electron chi connectivity index (χ1n) is 7.38. The van der Waals surface area contributed by atoms with Gasteiger partial charge in [0.15, 0.2) is 0 Å². The van der Waals surface area contributed by atoms with Gasteiger partial charge in [-0.05, 0) is 17.0 Å². The number of thiophene rings is 1. The van der Waals surface area contributed by atoms with Crippen LogP contribution < -0.4 is 5.32 Å². The molecule has 0 bridgehead atoms. The zero-order valence-corrected chi connectivity index (χ0v) is 15.8. The zero-order valence-electron chi connectivity index (χ0n) is 13.3. The van der Waals surface area contributed by atoms with Crippen LogP contribution in [0.2, 0.25) is 0 Å². The fourth-order valence-corrected chi connectivity index (χ4v) is 5.08. The Hall–Kier alpha value is -1.35. The SMILES string of the molecule is CN(CC(=O)NCCSCc1ccccc1)S(=O)(=O)c1cccs1. The number of hydrogen-bond donors (Lipinski definition) is 1. The Labute approximate surface area is 151 Å². The first-order chi connectivity index (χ1) is 11.5. The minimum absolute atomic E-state index is 0.177. The Morgan fingerprint density at radius 2 is 1.96 bits per heavy atom. The van der Waals surface area contributed by atoms with Crippen LogP contribution in [0.3, 0.4) is 0 Å². The van der Waals surface area contributed by atoms with Crippen molar-refractivity contribution in [3.8, 4) is 0 Å². The Morgan fingerprint density at radius 3 is 2.62 bits per heavy atom. The van der Waals surface area contributed by atoms with Gasteiger partial charge in [0.2, 0.25) is 5.91 Å². The highest BCUT2D eigenvalue weighted by Gasteiger charge is 2.23. The van der Waals surface area contributed by atoms with Gasteiger partial charge in [0.1, 0.15) is 4.21 Å². The van der Waals surface area contributed by atoms with Gasteiger partial charge in [-0.15, -0.1) is 11.3 Å². The molecular weight excluding hydrogens is 364 g/mol. The summed E-state index contributed by atoms with van der Waals surface area (Å²) in [5.74, 6) is 1.38. The molecule has 0 radical (unpaired) electrons. The van der Waals surface area contributed by atoms with Gasteiger partial charge in [-0.25, -0.2) is 8.42 Å². The number of carbonyl (C=O) groups is 1. The van der Waals surface area contributed by atoms with Crippen molar-refractivity contribution in [1.29, 1.82) is 0 Å². The molecular formula is C16H20N2O3S3. The number of carbonyl (C=O) groups excluding carboxylic acids is 1. The van der Waals surface area contributed by atoms with E-state index < -0.39 is 10.0 Å². The third kappa shape index (κ3) is 5.62. The molecule has 0 aliphatic rings. The third-order valence-electron chi connectivity index (χ3n) is 3.21. The van der Waals surface area contributed by atoms with Crippen LogP contribution in [0.5, 0.6) is 0 Å². The molecule has 0 atom stereocenters.